The molecule has 240 valence electrons. The molecule has 9 atom stereocenters. The Morgan fingerprint density at radius 3 is 2.30 bits per heavy atom. The highest BCUT2D eigenvalue weighted by molar-refractivity contribution is 6.33. The molecule has 1 aliphatic heterocycles. The Labute approximate surface area is 264 Å². The zero-order valence-electron chi connectivity index (χ0n) is 27.7. The number of ether oxygens (including phenoxy) is 2. The minimum atomic E-state index is -0.807. The lowest BCUT2D eigenvalue weighted by atomic mass is 9.55. The normalized spacial score (nSPS) is 42.2. The summed E-state index contributed by atoms with van der Waals surface area (Å²) in [6.07, 6.45) is 9.66. The van der Waals surface area contributed by atoms with Gasteiger partial charge in [0.2, 0.25) is 0 Å². The molecule has 1 aromatic rings. The molecule has 0 radical (unpaired) electrons. The average molecular weight is 615 g/mol. The van der Waals surface area contributed by atoms with Crippen LogP contribution in [0.4, 0.5) is 0 Å². The summed E-state index contributed by atoms with van der Waals surface area (Å²) in [5.74, 6) is 0.787. The maximum atomic E-state index is 13.2. The highest BCUT2D eigenvalue weighted by Gasteiger charge is 2.58. The van der Waals surface area contributed by atoms with Gasteiger partial charge in [0.05, 0.1) is 33.5 Å². The summed E-state index contributed by atoms with van der Waals surface area (Å²) in [5.41, 5.74) is -0.494. The second-order valence-electron chi connectivity index (χ2n) is 16.3. The van der Waals surface area contributed by atoms with Crippen LogP contribution in [-0.2, 0) is 9.47 Å². The van der Waals surface area contributed by atoms with E-state index in [4.69, 9.17) is 21.1 Å². The maximum absolute atomic E-state index is 13.2. The fourth-order valence-electron chi connectivity index (χ4n) is 10.1. The van der Waals surface area contributed by atoms with Crippen molar-refractivity contribution in [1.82, 2.24) is 0 Å². The summed E-state index contributed by atoms with van der Waals surface area (Å²) in [4.78, 5) is 13.2. The van der Waals surface area contributed by atoms with Gasteiger partial charge in [-0.05, 0) is 139 Å². The van der Waals surface area contributed by atoms with E-state index >= 15 is 0 Å². The Hall–Kier alpha value is -1.40. The Morgan fingerprint density at radius 2 is 1.60 bits per heavy atom. The van der Waals surface area contributed by atoms with Crippen LogP contribution in [0.15, 0.2) is 35.9 Å². The number of carbonyl (C=O) groups is 1. The quantitative estimate of drug-likeness (QED) is 0.257. The first-order valence-corrected chi connectivity index (χ1v) is 17.0. The highest BCUT2D eigenvalue weighted by atomic mass is 35.5. The molecule has 6 heteroatoms. The summed E-state index contributed by atoms with van der Waals surface area (Å²) in [5, 5.41) is 23.5. The van der Waals surface area contributed by atoms with Gasteiger partial charge in [-0.15, -0.1) is 0 Å². The Bertz CT molecular complexity index is 1230. The third-order valence-corrected chi connectivity index (χ3v) is 13.1. The topological polar surface area (TPSA) is 76.0 Å². The van der Waals surface area contributed by atoms with Crippen molar-refractivity contribution in [2.45, 2.75) is 142 Å². The van der Waals surface area contributed by atoms with Crippen LogP contribution in [0.2, 0.25) is 5.02 Å². The third-order valence-electron chi connectivity index (χ3n) is 12.8. The smallest absolute Gasteiger partial charge is 0.340 e. The number of hydrogen-bond donors (Lipinski definition) is 2. The van der Waals surface area contributed by atoms with Gasteiger partial charge in [0.15, 0.2) is 0 Å². The molecule has 0 bridgehead atoms. The van der Waals surface area contributed by atoms with E-state index in [0.717, 1.165) is 44.9 Å². The Morgan fingerprint density at radius 1 is 0.930 bits per heavy atom. The van der Waals surface area contributed by atoms with Gasteiger partial charge in [-0.2, -0.15) is 0 Å². The summed E-state index contributed by atoms with van der Waals surface area (Å²) < 4.78 is 13.0. The van der Waals surface area contributed by atoms with E-state index in [1.807, 2.05) is 27.7 Å². The second kappa shape index (κ2) is 11.4. The van der Waals surface area contributed by atoms with Gasteiger partial charge in [-0.1, -0.05) is 56.2 Å². The van der Waals surface area contributed by atoms with Crippen molar-refractivity contribution in [2.75, 3.05) is 0 Å². The van der Waals surface area contributed by atoms with Gasteiger partial charge in [0.1, 0.15) is 6.10 Å². The zero-order valence-corrected chi connectivity index (χ0v) is 28.5. The lowest BCUT2D eigenvalue weighted by Crippen LogP contribution is -2.56. The number of benzene rings is 1. The SMILES string of the molecule is CC1=CC[C@H]2[C@H](CC[C@]2(C)O)C(C)(C)[C@@H]1CC[C@H]1[C@]2(C)CC[C@H](OC(=O)c3ccccc3Cl)C(C)(C)O[C@H]2CC[C@@]1(C)O. The van der Waals surface area contributed by atoms with Gasteiger partial charge in [0.25, 0.3) is 0 Å². The molecule has 3 aliphatic carbocycles. The molecule has 43 heavy (non-hydrogen) atoms. The molecule has 4 aliphatic rings. The van der Waals surface area contributed by atoms with E-state index in [2.05, 4.69) is 33.8 Å². The van der Waals surface area contributed by atoms with Gasteiger partial charge in [-0.3, -0.25) is 0 Å². The number of carbonyl (C=O) groups excluding carboxylic acids is 1. The summed E-state index contributed by atoms with van der Waals surface area (Å²) >= 11 is 6.32. The Balaban J connectivity index is 1.37. The van der Waals surface area contributed by atoms with E-state index in [-0.39, 0.29) is 22.9 Å². The molecule has 5 nitrogen and oxygen atoms in total. The number of aliphatic hydroxyl groups is 2. The summed E-state index contributed by atoms with van der Waals surface area (Å²) in [6.45, 7) is 17.5. The molecular weight excluding hydrogens is 560 g/mol. The predicted molar refractivity (Wildman–Crippen MR) is 172 cm³/mol. The second-order valence-corrected chi connectivity index (χ2v) is 16.7. The molecule has 0 spiro atoms. The van der Waals surface area contributed by atoms with Crippen LogP contribution >= 0.6 is 11.6 Å². The standard InChI is InChI=1S/C37H55ClO5/c1-23-13-14-27-26(17-21-36(27,7)40)33(2,3)25(23)15-16-29-35(6)20-18-30(42-32(39)24-11-9-10-12-28(24)38)34(4,5)43-31(35)19-22-37(29,8)41/h9-13,25-27,29-31,40-41H,14-22H2,1-8H3/t25-,26+,27+,29+,30+,31+,35+,36+,37-/m1/s1. The molecule has 1 aromatic carbocycles. The molecule has 0 aromatic heterocycles. The van der Waals surface area contributed by atoms with Gasteiger partial charge in [-0.25, -0.2) is 4.79 Å². The largest absolute Gasteiger partial charge is 0.456 e. The van der Waals surface area contributed by atoms with Crippen LogP contribution in [0.5, 0.6) is 0 Å². The molecule has 0 amide bonds. The van der Waals surface area contributed by atoms with Crippen LogP contribution in [0.3, 0.4) is 0 Å². The first-order chi connectivity index (χ1) is 19.9. The fraction of sp³-hybridized carbons (Fsp3) is 0.757. The van der Waals surface area contributed by atoms with Crippen molar-refractivity contribution in [1.29, 1.82) is 0 Å². The Kier molecular flexibility index (Phi) is 8.77. The van der Waals surface area contributed by atoms with Crippen LogP contribution in [-0.4, -0.2) is 45.2 Å². The lowest BCUT2D eigenvalue weighted by Gasteiger charge is -2.54. The molecule has 1 saturated heterocycles. The molecule has 5 rings (SSSR count). The van der Waals surface area contributed by atoms with Gasteiger partial charge < -0.3 is 19.7 Å². The number of allylic oxidation sites excluding steroid dienone is 2. The summed E-state index contributed by atoms with van der Waals surface area (Å²) in [7, 11) is 0. The fourth-order valence-corrected chi connectivity index (χ4v) is 10.3. The van der Waals surface area contributed by atoms with Crippen LogP contribution in [0.25, 0.3) is 0 Å². The monoisotopic (exact) mass is 614 g/mol. The van der Waals surface area contributed by atoms with Crippen molar-refractivity contribution in [3.63, 3.8) is 0 Å². The minimum Gasteiger partial charge on any atom is -0.456 e. The minimum absolute atomic E-state index is 0.0372. The molecule has 1 heterocycles. The number of rotatable bonds is 5. The average Bonchev–Trinajstić information content (AvgIpc) is 3.12. The highest BCUT2D eigenvalue weighted by Crippen LogP contribution is 2.59. The van der Waals surface area contributed by atoms with Crippen LogP contribution in [0, 0.1) is 34.5 Å². The molecular formula is C37H55ClO5. The van der Waals surface area contributed by atoms with E-state index in [1.165, 1.54) is 5.57 Å². The first-order valence-electron chi connectivity index (χ1n) is 16.6. The number of halogens is 1. The molecule has 2 saturated carbocycles. The predicted octanol–water partition coefficient (Wildman–Crippen LogP) is 8.54. The third kappa shape index (κ3) is 5.98. The van der Waals surface area contributed by atoms with Crippen molar-refractivity contribution in [2.24, 2.45) is 34.5 Å². The molecule has 3 fully saturated rings. The van der Waals surface area contributed by atoms with E-state index in [0.29, 0.717) is 41.2 Å². The van der Waals surface area contributed by atoms with E-state index < -0.39 is 28.9 Å². The van der Waals surface area contributed by atoms with E-state index in [1.54, 1.807) is 24.3 Å². The van der Waals surface area contributed by atoms with Gasteiger partial charge in [0, 0.05) is 0 Å². The van der Waals surface area contributed by atoms with Crippen molar-refractivity contribution in [3.05, 3.63) is 46.5 Å². The maximum Gasteiger partial charge on any atom is 0.340 e. The number of esters is 1. The lowest BCUT2D eigenvalue weighted by molar-refractivity contribution is -0.206. The van der Waals surface area contributed by atoms with Crippen molar-refractivity contribution < 1.29 is 24.5 Å². The van der Waals surface area contributed by atoms with Crippen molar-refractivity contribution in [3.8, 4) is 0 Å². The first kappa shape index (κ1) is 33.0. The van der Waals surface area contributed by atoms with Crippen LogP contribution < -0.4 is 0 Å². The van der Waals surface area contributed by atoms with Crippen LogP contribution in [0.1, 0.15) is 124 Å². The molecule has 0 unspecified atom stereocenters. The van der Waals surface area contributed by atoms with Gasteiger partial charge >= 0.3 is 5.97 Å². The zero-order chi connectivity index (χ0) is 31.6. The number of hydrogen-bond acceptors (Lipinski definition) is 5. The number of fused-ring (bicyclic) bond motifs is 2. The summed E-state index contributed by atoms with van der Waals surface area (Å²) in [6, 6.07) is 7.00. The van der Waals surface area contributed by atoms with E-state index in [9.17, 15) is 15.0 Å². The van der Waals surface area contributed by atoms with Crippen molar-refractivity contribution >= 4 is 17.6 Å². The molecule has 2 N–H and O–H groups in total.